The van der Waals surface area contributed by atoms with Crippen molar-refractivity contribution in [3.63, 3.8) is 0 Å². The number of hydrogen-bond acceptors (Lipinski definition) is 3. The van der Waals surface area contributed by atoms with Gasteiger partial charge in [0.1, 0.15) is 0 Å². The summed E-state index contributed by atoms with van der Waals surface area (Å²) in [6, 6.07) is 5.47. The fraction of sp³-hybridized carbons (Fsp3) is 0.538. The fourth-order valence-corrected chi connectivity index (χ4v) is 1.92. The third-order valence-corrected chi connectivity index (χ3v) is 3.26. The van der Waals surface area contributed by atoms with E-state index in [1.807, 2.05) is 12.1 Å². The maximum absolute atomic E-state index is 9.45. The molecule has 2 N–H and O–H groups in total. The standard InChI is InChI=1S/C13H19NO2/c1-9-5-11(9)8-14-7-10-3-4-12(15)13(6-10)16-2/h3-4,6,9,11,14-15H,5,7-8H2,1-2H3. The van der Waals surface area contributed by atoms with Gasteiger partial charge in [-0.2, -0.15) is 0 Å². The van der Waals surface area contributed by atoms with E-state index in [0.29, 0.717) is 5.75 Å². The van der Waals surface area contributed by atoms with Gasteiger partial charge in [-0.05, 0) is 42.5 Å². The normalized spacial score (nSPS) is 23.1. The Morgan fingerprint density at radius 3 is 2.88 bits per heavy atom. The van der Waals surface area contributed by atoms with E-state index < -0.39 is 0 Å². The molecule has 1 aromatic carbocycles. The SMILES string of the molecule is COc1cc(CNCC2CC2C)ccc1O. The summed E-state index contributed by atoms with van der Waals surface area (Å²) < 4.78 is 5.06. The quantitative estimate of drug-likeness (QED) is 0.800. The first-order valence-electron chi connectivity index (χ1n) is 5.77. The number of rotatable bonds is 5. The predicted molar refractivity (Wildman–Crippen MR) is 63.6 cm³/mol. The largest absolute Gasteiger partial charge is 0.504 e. The molecule has 1 aliphatic rings. The minimum Gasteiger partial charge on any atom is -0.504 e. The molecule has 1 fully saturated rings. The number of aromatic hydroxyl groups is 1. The number of phenolic OH excluding ortho intramolecular Hbond substituents is 1. The molecule has 0 radical (unpaired) electrons. The molecule has 1 aliphatic carbocycles. The first-order chi connectivity index (χ1) is 7.70. The van der Waals surface area contributed by atoms with E-state index in [9.17, 15) is 5.11 Å². The second kappa shape index (κ2) is 4.74. The van der Waals surface area contributed by atoms with E-state index in [1.165, 1.54) is 6.42 Å². The number of methoxy groups -OCH3 is 1. The van der Waals surface area contributed by atoms with Crippen molar-refractivity contribution in [1.82, 2.24) is 5.32 Å². The summed E-state index contributed by atoms with van der Waals surface area (Å²) in [5.74, 6) is 2.49. The van der Waals surface area contributed by atoms with Crippen molar-refractivity contribution in [2.45, 2.75) is 19.9 Å². The van der Waals surface area contributed by atoms with E-state index in [1.54, 1.807) is 13.2 Å². The van der Waals surface area contributed by atoms with Crippen LogP contribution in [0.2, 0.25) is 0 Å². The zero-order valence-corrected chi connectivity index (χ0v) is 9.86. The monoisotopic (exact) mass is 221 g/mol. The van der Waals surface area contributed by atoms with Gasteiger partial charge >= 0.3 is 0 Å². The number of nitrogens with one attached hydrogen (secondary N) is 1. The summed E-state index contributed by atoms with van der Waals surface area (Å²) in [5, 5.41) is 12.9. The first-order valence-corrected chi connectivity index (χ1v) is 5.77. The van der Waals surface area contributed by atoms with Crippen LogP contribution in [-0.4, -0.2) is 18.8 Å². The number of benzene rings is 1. The molecule has 2 atom stereocenters. The fourth-order valence-electron chi connectivity index (χ4n) is 1.92. The Labute approximate surface area is 96.4 Å². The van der Waals surface area contributed by atoms with E-state index in [2.05, 4.69) is 12.2 Å². The van der Waals surface area contributed by atoms with Crippen molar-refractivity contribution in [1.29, 1.82) is 0 Å². The van der Waals surface area contributed by atoms with E-state index in [0.717, 1.165) is 30.5 Å². The highest BCUT2D eigenvalue weighted by Crippen LogP contribution is 2.36. The highest BCUT2D eigenvalue weighted by atomic mass is 16.5. The Kier molecular flexibility index (Phi) is 3.34. The van der Waals surface area contributed by atoms with Gasteiger partial charge in [-0.25, -0.2) is 0 Å². The van der Waals surface area contributed by atoms with Gasteiger partial charge in [0.05, 0.1) is 7.11 Å². The number of ether oxygens (including phenoxy) is 1. The maximum atomic E-state index is 9.45. The van der Waals surface area contributed by atoms with Crippen molar-refractivity contribution < 1.29 is 9.84 Å². The molecule has 3 nitrogen and oxygen atoms in total. The van der Waals surface area contributed by atoms with Gasteiger partial charge in [-0.3, -0.25) is 0 Å². The zero-order valence-electron chi connectivity index (χ0n) is 9.86. The second-order valence-electron chi connectivity index (χ2n) is 4.61. The minimum atomic E-state index is 0.196. The first kappa shape index (κ1) is 11.3. The van der Waals surface area contributed by atoms with Crippen LogP contribution in [0.3, 0.4) is 0 Å². The second-order valence-corrected chi connectivity index (χ2v) is 4.61. The lowest BCUT2D eigenvalue weighted by molar-refractivity contribution is 0.372. The Morgan fingerprint density at radius 2 is 2.25 bits per heavy atom. The molecule has 0 aromatic heterocycles. The van der Waals surface area contributed by atoms with Crippen LogP contribution in [0, 0.1) is 11.8 Å². The smallest absolute Gasteiger partial charge is 0.160 e. The molecule has 1 saturated carbocycles. The van der Waals surface area contributed by atoms with Gasteiger partial charge < -0.3 is 15.2 Å². The molecule has 0 heterocycles. The Bertz CT molecular complexity index is 365. The van der Waals surface area contributed by atoms with Crippen molar-refractivity contribution >= 4 is 0 Å². The van der Waals surface area contributed by atoms with Crippen LogP contribution in [-0.2, 0) is 6.54 Å². The summed E-state index contributed by atoms with van der Waals surface area (Å²) in [6.07, 6.45) is 1.35. The molecule has 0 bridgehead atoms. The van der Waals surface area contributed by atoms with E-state index >= 15 is 0 Å². The third-order valence-electron chi connectivity index (χ3n) is 3.26. The lowest BCUT2D eigenvalue weighted by Crippen LogP contribution is -2.16. The molecular weight excluding hydrogens is 202 g/mol. The summed E-state index contributed by atoms with van der Waals surface area (Å²) in [4.78, 5) is 0. The van der Waals surface area contributed by atoms with Gasteiger partial charge in [0.15, 0.2) is 11.5 Å². The lowest BCUT2D eigenvalue weighted by Gasteiger charge is -2.07. The molecule has 88 valence electrons. The minimum absolute atomic E-state index is 0.196. The van der Waals surface area contributed by atoms with Crippen LogP contribution in [0.15, 0.2) is 18.2 Å². The lowest BCUT2D eigenvalue weighted by atomic mass is 10.2. The highest BCUT2D eigenvalue weighted by Gasteiger charge is 2.31. The topological polar surface area (TPSA) is 41.5 Å². The number of phenols is 1. The van der Waals surface area contributed by atoms with Crippen molar-refractivity contribution in [2.24, 2.45) is 11.8 Å². The van der Waals surface area contributed by atoms with Crippen LogP contribution < -0.4 is 10.1 Å². The summed E-state index contributed by atoms with van der Waals surface area (Å²) in [6.45, 7) is 4.21. The molecule has 3 heteroatoms. The maximum Gasteiger partial charge on any atom is 0.160 e. The zero-order chi connectivity index (χ0) is 11.5. The number of hydrogen-bond donors (Lipinski definition) is 2. The van der Waals surface area contributed by atoms with Crippen molar-refractivity contribution in [3.8, 4) is 11.5 Å². The summed E-state index contributed by atoms with van der Waals surface area (Å²) >= 11 is 0. The molecule has 2 rings (SSSR count). The molecular formula is C13H19NO2. The van der Waals surface area contributed by atoms with Gasteiger partial charge in [-0.15, -0.1) is 0 Å². The molecule has 0 spiro atoms. The average molecular weight is 221 g/mol. The predicted octanol–water partition coefficient (Wildman–Crippen LogP) is 2.15. The molecule has 0 aliphatic heterocycles. The van der Waals surface area contributed by atoms with Gasteiger partial charge in [0.2, 0.25) is 0 Å². The van der Waals surface area contributed by atoms with Crippen LogP contribution in [0.5, 0.6) is 11.5 Å². The summed E-state index contributed by atoms with van der Waals surface area (Å²) in [5.41, 5.74) is 1.14. The van der Waals surface area contributed by atoms with E-state index in [4.69, 9.17) is 4.74 Å². The Morgan fingerprint density at radius 1 is 1.50 bits per heavy atom. The third kappa shape index (κ3) is 2.67. The van der Waals surface area contributed by atoms with Crippen LogP contribution in [0.1, 0.15) is 18.9 Å². The van der Waals surface area contributed by atoms with Crippen LogP contribution in [0.4, 0.5) is 0 Å². The Balaban J connectivity index is 1.84. The van der Waals surface area contributed by atoms with Crippen LogP contribution in [0.25, 0.3) is 0 Å². The van der Waals surface area contributed by atoms with E-state index in [-0.39, 0.29) is 5.75 Å². The molecule has 1 aromatic rings. The molecule has 2 unspecified atom stereocenters. The molecule has 0 saturated heterocycles. The van der Waals surface area contributed by atoms with Crippen molar-refractivity contribution in [2.75, 3.05) is 13.7 Å². The Hall–Kier alpha value is -1.22. The van der Waals surface area contributed by atoms with Gasteiger partial charge in [0, 0.05) is 6.54 Å². The molecule has 0 amide bonds. The average Bonchev–Trinajstić information content (AvgIpc) is 2.97. The molecule has 16 heavy (non-hydrogen) atoms. The van der Waals surface area contributed by atoms with Crippen molar-refractivity contribution in [3.05, 3.63) is 23.8 Å². The van der Waals surface area contributed by atoms with Gasteiger partial charge in [0.25, 0.3) is 0 Å². The van der Waals surface area contributed by atoms with Gasteiger partial charge in [-0.1, -0.05) is 13.0 Å². The van der Waals surface area contributed by atoms with Crippen LogP contribution >= 0.6 is 0 Å². The highest BCUT2D eigenvalue weighted by molar-refractivity contribution is 5.41. The summed E-state index contributed by atoms with van der Waals surface area (Å²) in [7, 11) is 1.57.